The monoisotopic (exact) mass is 728 g/mol. The van der Waals surface area contributed by atoms with E-state index in [4.69, 9.17) is 16.7 Å². The van der Waals surface area contributed by atoms with Gasteiger partial charge in [0.25, 0.3) is 0 Å². The Labute approximate surface area is 236 Å². The van der Waals surface area contributed by atoms with Crippen LogP contribution in [0.1, 0.15) is 63.4 Å². The van der Waals surface area contributed by atoms with Gasteiger partial charge in [0.05, 0.1) is 0 Å². The van der Waals surface area contributed by atoms with Crippen molar-refractivity contribution in [2.75, 3.05) is 0 Å². The Morgan fingerprint density at radius 3 is 2.00 bits per heavy atom. The molecule has 38 heavy (non-hydrogen) atoms. The number of rotatable bonds is 4. The number of carbonyl (C=O) groups excluding carboxylic acids is 3. The SMILES string of the molecule is O=C1C(=O)c2ccccc2C(O)=C1C1CCC(c2ccc(Cl)cc2)CC1.[O]=[Bi][O]C(=O)c1ccccc1O. The van der Waals surface area contributed by atoms with Gasteiger partial charge in [0.15, 0.2) is 0 Å². The predicted molar refractivity (Wildman–Crippen MR) is 141 cm³/mol. The van der Waals surface area contributed by atoms with Crippen molar-refractivity contribution in [1.82, 2.24) is 0 Å². The van der Waals surface area contributed by atoms with E-state index >= 15 is 0 Å². The van der Waals surface area contributed by atoms with E-state index in [2.05, 4.69) is 14.9 Å². The van der Waals surface area contributed by atoms with Gasteiger partial charge in [0.2, 0.25) is 11.6 Å². The van der Waals surface area contributed by atoms with E-state index in [1.54, 1.807) is 36.4 Å². The molecule has 0 aromatic heterocycles. The van der Waals surface area contributed by atoms with E-state index in [-0.39, 0.29) is 23.0 Å². The molecule has 0 heterocycles. The van der Waals surface area contributed by atoms with Gasteiger partial charge in [-0.2, -0.15) is 0 Å². The number of allylic oxidation sites excluding steroid dienone is 1. The first-order chi connectivity index (χ1) is 18.3. The summed E-state index contributed by atoms with van der Waals surface area (Å²) in [6.07, 6.45) is 3.42. The van der Waals surface area contributed by atoms with Gasteiger partial charge < -0.3 is 5.11 Å². The van der Waals surface area contributed by atoms with Crippen LogP contribution < -0.4 is 0 Å². The number of Topliss-reactive ketones (excluding diaryl/α,β-unsaturated/α-hetero) is 2. The summed E-state index contributed by atoms with van der Waals surface area (Å²) < 4.78 is 14.4. The number of para-hydroxylation sites is 1. The number of aliphatic hydroxyl groups is 1. The van der Waals surface area contributed by atoms with Crippen LogP contribution in [0.5, 0.6) is 5.75 Å². The molecule has 3 aromatic carbocycles. The van der Waals surface area contributed by atoms with Crippen molar-refractivity contribution in [3.8, 4) is 5.75 Å². The first kappa shape index (κ1) is 27.8. The number of halogens is 1. The number of phenolic OH excluding ortho intramolecular Hbond substituents is 1. The Kier molecular flexibility index (Phi) is 9.19. The normalized spacial score (nSPS) is 18.7. The quantitative estimate of drug-likeness (QED) is 0.255. The number of ketones is 2. The fourth-order valence-corrected chi connectivity index (χ4v) is 5.71. The molecular weight excluding hydrogens is 705 g/mol. The molecule has 2 aliphatic rings. The van der Waals surface area contributed by atoms with Gasteiger partial charge in [0, 0.05) is 21.7 Å². The Morgan fingerprint density at radius 1 is 0.789 bits per heavy atom. The molecule has 2 aliphatic carbocycles. The summed E-state index contributed by atoms with van der Waals surface area (Å²) >= 11 is 3.64. The van der Waals surface area contributed by atoms with Gasteiger partial charge in [0.1, 0.15) is 5.76 Å². The van der Waals surface area contributed by atoms with E-state index in [0.29, 0.717) is 22.6 Å². The van der Waals surface area contributed by atoms with Crippen molar-refractivity contribution in [2.24, 2.45) is 5.92 Å². The topological polar surface area (TPSA) is 118 Å². The van der Waals surface area contributed by atoms with Crippen LogP contribution in [0.15, 0.2) is 78.4 Å². The zero-order chi connectivity index (χ0) is 27.2. The van der Waals surface area contributed by atoms with Crippen LogP contribution in [-0.2, 0) is 10.4 Å². The van der Waals surface area contributed by atoms with E-state index in [1.807, 2.05) is 12.1 Å². The van der Waals surface area contributed by atoms with Gasteiger partial charge in [-0.05, 0) is 55.2 Å². The summed E-state index contributed by atoms with van der Waals surface area (Å²) in [4.78, 5) is 36.0. The van der Waals surface area contributed by atoms with Crippen molar-refractivity contribution >= 4 is 58.6 Å². The minimum atomic E-state index is -2.32. The number of aliphatic hydroxyl groups excluding tert-OH is 1. The molecule has 3 aromatic rings. The number of carbonyl (C=O) groups is 3. The van der Waals surface area contributed by atoms with Crippen molar-refractivity contribution in [2.45, 2.75) is 31.6 Å². The summed E-state index contributed by atoms with van der Waals surface area (Å²) in [5.74, 6) is -1.59. The molecule has 194 valence electrons. The first-order valence-corrected chi connectivity index (χ1v) is 15.2. The molecule has 1 saturated carbocycles. The van der Waals surface area contributed by atoms with E-state index in [1.165, 1.54) is 17.7 Å². The molecule has 9 heteroatoms. The number of hydrogen-bond acceptors (Lipinski definition) is 7. The maximum atomic E-state index is 12.6. The van der Waals surface area contributed by atoms with E-state index in [9.17, 15) is 22.3 Å². The second-order valence-corrected chi connectivity index (χ2v) is 10.8. The van der Waals surface area contributed by atoms with E-state index < -0.39 is 41.2 Å². The van der Waals surface area contributed by atoms with Gasteiger partial charge >= 0.3 is 80.8 Å². The number of phenols is 1. The van der Waals surface area contributed by atoms with Crippen LogP contribution in [0.3, 0.4) is 0 Å². The van der Waals surface area contributed by atoms with Crippen molar-refractivity contribution < 1.29 is 30.2 Å². The molecule has 1 fully saturated rings. The Balaban J connectivity index is 0.000000236. The summed E-state index contributed by atoms with van der Waals surface area (Å²) in [5.41, 5.74) is 2.39. The standard InChI is InChI=1S/C22H19ClO3.C7H6O3.Bi.O/c23-16-11-9-14(10-12-16)13-5-7-15(8-6-13)19-20(24)17-3-1-2-4-18(17)21(25)22(19)26;8-6-4-2-1-3-5(6)7(9)10;;/h1-4,9-13,15,24H,5-8H2;1-4,8H,(H,9,10);;/q;;+1;/p-1. The second-order valence-electron chi connectivity index (χ2n) is 9.04. The molecule has 0 aliphatic heterocycles. The average Bonchev–Trinajstić information content (AvgIpc) is 2.93. The van der Waals surface area contributed by atoms with Gasteiger partial charge in [-0.25, -0.2) is 0 Å². The number of hydrogen-bond donors (Lipinski definition) is 2. The van der Waals surface area contributed by atoms with Crippen LogP contribution in [0.2, 0.25) is 5.02 Å². The summed E-state index contributed by atoms with van der Waals surface area (Å²) in [5, 5.41) is 20.5. The van der Waals surface area contributed by atoms with Crippen LogP contribution in [0.25, 0.3) is 5.76 Å². The first-order valence-electron chi connectivity index (χ1n) is 12.0. The summed E-state index contributed by atoms with van der Waals surface area (Å²) in [6, 6.07) is 20.6. The zero-order valence-corrected chi connectivity index (χ0v) is 24.4. The molecule has 0 amide bonds. The number of fused-ring (bicyclic) bond motifs is 1. The fraction of sp³-hybridized carbons (Fsp3) is 0.207. The third kappa shape index (κ3) is 6.08. The molecule has 0 bridgehead atoms. The van der Waals surface area contributed by atoms with Crippen LogP contribution in [0.4, 0.5) is 0 Å². The van der Waals surface area contributed by atoms with Crippen LogP contribution in [-0.4, -0.2) is 51.4 Å². The van der Waals surface area contributed by atoms with Crippen molar-refractivity contribution in [1.29, 1.82) is 0 Å². The zero-order valence-electron chi connectivity index (χ0n) is 20.2. The molecular formula is C29H24BiClO7. The van der Waals surface area contributed by atoms with Crippen molar-refractivity contribution in [3.05, 3.63) is 106 Å². The Morgan fingerprint density at radius 2 is 1.37 bits per heavy atom. The maximum absolute atomic E-state index is 12.6. The molecule has 0 unspecified atom stereocenters. The molecule has 7 nitrogen and oxygen atoms in total. The van der Waals surface area contributed by atoms with Crippen molar-refractivity contribution in [3.63, 3.8) is 0 Å². The average molecular weight is 729 g/mol. The Hall–Kier alpha value is -3.22. The molecule has 2 N–H and O–H groups in total. The number of benzene rings is 3. The fourth-order valence-electron chi connectivity index (χ4n) is 4.94. The molecule has 0 spiro atoms. The van der Waals surface area contributed by atoms with Gasteiger partial charge in [-0.1, -0.05) is 48.0 Å². The van der Waals surface area contributed by atoms with Crippen LogP contribution in [0, 0.1) is 5.92 Å². The van der Waals surface area contributed by atoms with Crippen LogP contribution >= 0.6 is 11.6 Å². The van der Waals surface area contributed by atoms with E-state index in [0.717, 1.165) is 30.7 Å². The second kappa shape index (κ2) is 12.6. The molecule has 0 atom stereocenters. The third-order valence-corrected chi connectivity index (χ3v) is 8.04. The predicted octanol–water partition coefficient (Wildman–Crippen LogP) is 5.86. The summed E-state index contributed by atoms with van der Waals surface area (Å²) in [6.45, 7) is 0. The minimum absolute atomic E-state index is 0.0138. The number of aromatic hydroxyl groups is 1. The van der Waals surface area contributed by atoms with Gasteiger partial charge in [-0.3, -0.25) is 9.59 Å². The molecule has 0 saturated heterocycles. The molecule has 0 radical (unpaired) electrons. The third-order valence-electron chi connectivity index (χ3n) is 6.85. The Bertz CT molecular complexity index is 1410. The van der Waals surface area contributed by atoms with Gasteiger partial charge in [-0.15, -0.1) is 0 Å². The molecule has 5 rings (SSSR count). The summed E-state index contributed by atoms with van der Waals surface area (Å²) in [7, 11) is 0.